The zero-order chi connectivity index (χ0) is 47.0. The standard InChI is InChI=1S/C58H112O6/c1-7-54(6)46-40-34-28-21-18-19-23-31-37-43-49-58(61)64-55(51-63-57(60)48-42-36-30-25-24-27-33-39-45-53(4)5)50-62-56(59)47-41-35-29-22-17-15-13-11-9-8-10-12-14-16-20-26-32-38-44-52(2)3/h52-55H,7-51H2,1-6H3/t54?,55-/m1/s1. The molecule has 0 aliphatic carbocycles. The number of hydrogen-bond acceptors (Lipinski definition) is 6. The monoisotopic (exact) mass is 905 g/mol. The maximum absolute atomic E-state index is 12.8. The second kappa shape index (κ2) is 49.3. The Hall–Kier alpha value is -1.59. The van der Waals surface area contributed by atoms with Gasteiger partial charge in [0.05, 0.1) is 0 Å². The molecular formula is C58H112O6. The van der Waals surface area contributed by atoms with Crippen LogP contribution in [0.3, 0.4) is 0 Å². The summed E-state index contributed by atoms with van der Waals surface area (Å²) < 4.78 is 16.9. The van der Waals surface area contributed by atoms with Gasteiger partial charge < -0.3 is 14.2 Å². The first-order valence-corrected chi connectivity index (χ1v) is 28.6. The van der Waals surface area contributed by atoms with Gasteiger partial charge in [-0.2, -0.15) is 0 Å². The molecule has 0 saturated heterocycles. The summed E-state index contributed by atoms with van der Waals surface area (Å²) in [7, 11) is 0. The highest BCUT2D eigenvalue weighted by Gasteiger charge is 2.19. The Morgan fingerprint density at radius 3 is 0.812 bits per heavy atom. The molecule has 0 fully saturated rings. The van der Waals surface area contributed by atoms with Crippen LogP contribution in [-0.4, -0.2) is 37.2 Å². The van der Waals surface area contributed by atoms with Gasteiger partial charge in [-0.1, -0.05) is 279 Å². The maximum Gasteiger partial charge on any atom is 0.306 e. The number of carbonyl (C=O) groups excluding carboxylic acids is 3. The van der Waals surface area contributed by atoms with E-state index >= 15 is 0 Å². The molecule has 1 unspecified atom stereocenters. The predicted octanol–water partition coefficient (Wildman–Crippen LogP) is 18.7. The van der Waals surface area contributed by atoms with Gasteiger partial charge in [-0.3, -0.25) is 14.4 Å². The van der Waals surface area contributed by atoms with Gasteiger partial charge in [0.25, 0.3) is 0 Å². The predicted molar refractivity (Wildman–Crippen MR) is 275 cm³/mol. The zero-order valence-electron chi connectivity index (χ0n) is 44.1. The lowest BCUT2D eigenvalue weighted by Crippen LogP contribution is -2.30. The normalized spacial score (nSPS) is 12.6. The average Bonchev–Trinajstić information content (AvgIpc) is 3.27. The summed E-state index contributed by atoms with van der Waals surface area (Å²) in [5.74, 6) is 1.67. The molecule has 0 aliphatic heterocycles. The van der Waals surface area contributed by atoms with Crippen LogP contribution >= 0.6 is 0 Å². The Labute approximate surface area is 399 Å². The number of ether oxygens (including phenoxy) is 3. The van der Waals surface area contributed by atoms with Crippen molar-refractivity contribution in [3.63, 3.8) is 0 Å². The molecule has 6 nitrogen and oxygen atoms in total. The summed E-state index contributed by atoms with van der Waals surface area (Å²) >= 11 is 0. The molecule has 0 rings (SSSR count). The van der Waals surface area contributed by atoms with E-state index in [0.29, 0.717) is 19.3 Å². The van der Waals surface area contributed by atoms with Crippen LogP contribution in [0.1, 0.15) is 318 Å². The second-order valence-electron chi connectivity index (χ2n) is 21.1. The van der Waals surface area contributed by atoms with Gasteiger partial charge in [0, 0.05) is 19.3 Å². The lowest BCUT2D eigenvalue weighted by atomic mass is 9.99. The van der Waals surface area contributed by atoms with E-state index in [1.807, 2.05) is 0 Å². The second-order valence-corrected chi connectivity index (χ2v) is 21.1. The van der Waals surface area contributed by atoms with Crippen molar-refractivity contribution >= 4 is 17.9 Å². The van der Waals surface area contributed by atoms with Crippen LogP contribution in [0.25, 0.3) is 0 Å². The van der Waals surface area contributed by atoms with Crippen molar-refractivity contribution in [3.05, 3.63) is 0 Å². The third-order valence-corrected chi connectivity index (χ3v) is 13.5. The van der Waals surface area contributed by atoms with Gasteiger partial charge >= 0.3 is 17.9 Å². The fourth-order valence-corrected chi connectivity index (χ4v) is 8.79. The van der Waals surface area contributed by atoms with Crippen LogP contribution in [0.4, 0.5) is 0 Å². The summed E-state index contributed by atoms with van der Waals surface area (Å²) in [6.07, 6.45) is 51.0. The Morgan fingerprint density at radius 1 is 0.312 bits per heavy atom. The fraction of sp³-hybridized carbons (Fsp3) is 0.948. The Bertz CT molecular complexity index is 993. The van der Waals surface area contributed by atoms with Crippen molar-refractivity contribution in [2.45, 2.75) is 324 Å². The summed E-state index contributed by atoms with van der Waals surface area (Å²) in [5, 5.41) is 0. The average molecular weight is 906 g/mol. The molecule has 6 heteroatoms. The molecule has 0 N–H and O–H groups in total. The minimum absolute atomic E-state index is 0.0642. The molecule has 0 aromatic heterocycles. The minimum Gasteiger partial charge on any atom is -0.462 e. The van der Waals surface area contributed by atoms with Crippen molar-refractivity contribution in [2.75, 3.05) is 13.2 Å². The third-order valence-electron chi connectivity index (χ3n) is 13.5. The summed E-state index contributed by atoms with van der Waals surface area (Å²) in [5.41, 5.74) is 0. The van der Waals surface area contributed by atoms with Crippen LogP contribution in [0.15, 0.2) is 0 Å². The number of esters is 3. The van der Waals surface area contributed by atoms with E-state index in [4.69, 9.17) is 14.2 Å². The van der Waals surface area contributed by atoms with Crippen molar-refractivity contribution < 1.29 is 28.6 Å². The molecule has 380 valence electrons. The molecule has 0 aromatic rings. The molecule has 0 bridgehead atoms. The number of carbonyl (C=O) groups is 3. The van der Waals surface area contributed by atoms with Crippen LogP contribution in [-0.2, 0) is 28.6 Å². The molecule has 0 radical (unpaired) electrons. The first kappa shape index (κ1) is 62.4. The van der Waals surface area contributed by atoms with Crippen molar-refractivity contribution in [2.24, 2.45) is 17.8 Å². The van der Waals surface area contributed by atoms with Gasteiger partial charge in [0.2, 0.25) is 0 Å². The topological polar surface area (TPSA) is 78.9 Å². The van der Waals surface area contributed by atoms with Gasteiger partial charge in [-0.05, 0) is 37.0 Å². The number of rotatable bonds is 51. The van der Waals surface area contributed by atoms with Crippen LogP contribution < -0.4 is 0 Å². The lowest BCUT2D eigenvalue weighted by Gasteiger charge is -2.18. The summed E-state index contributed by atoms with van der Waals surface area (Å²) in [6, 6.07) is 0. The number of unbranched alkanes of at least 4 members (excludes halogenated alkanes) is 33. The summed E-state index contributed by atoms with van der Waals surface area (Å²) in [4.78, 5) is 38.1. The van der Waals surface area contributed by atoms with Gasteiger partial charge in [0.1, 0.15) is 13.2 Å². The van der Waals surface area contributed by atoms with Gasteiger partial charge in [-0.25, -0.2) is 0 Å². The molecule has 0 amide bonds. The largest absolute Gasteiger partial charge is 0.462 e. The lowest BCUT2D eigenvalue weighted by molar-refractivity contribution is -0.167. The highest BCUT2D eigenvalue weighted by Crippen LogP contribution is 2.19. The highest BCUT2D eigenvalue weighted by atomic mass is 16.6. The molecular weight excluding hydrogens is 793 g/mol. The molecule has 0 saturated carbocycles. The highest BCUT2D eigenvalue weighted by molar-refractivity contribution is 5.71. The van der Waals surface area contributed by atoms with Crippen LogP contribution in [0.2, 0.25) is 0 Å². The Morgan fingerprint density at radius 2 is 0.547 bits per heavy atom. The maximum atomic E-state index is 12.8. The van der Waals surface area contributed by atoms with E-state index in [1.165, 1.54) is 199 Å². The summed E-state index contributed by atoms with van der Waals surface area (Å²) in [6.45, 7) is 13.8. The molecule has 0 aliphatic rings. The zero-order valence-corrected chi connectivity index (χ0v) is 44.1. The molecule has 64 heavy (non-hydrogen) atoms. The van der Waals surface area contributed by atoms with Crippen LogP contribution in [0, 0.1) is 17.8 Å². The van der Waals surface area contributed by atoms with E-state index in [1.54, 1.807) is 0 Å². The number of hydrogen-bond donors (Lipinski definition) is 0. The molecule has 0 spiro atoms. The Kier molecular flexibility index (Phi) is 48.1. The van der Waals surface area contributed by atoms with E-state index < -0.39 is 6.10 Å². The first-order valence-electron chi connectivity index (χ1n) is 28.6. The van der Waals surface area contributed by atoms with E-state index in [2.05, 4.69) is 41.5 Å². The van der Waals surface area contributed by atoms with Gasteiger partial charge in [-0.15, -0.1) is 0 Å². The molecule has 2 atom stereocenters. The molecule has 0 heterocycles. The van der Waals surface area contributed by atoms with Crippen molar-refractivity contribution in [1.29, 1.82) is 0 Å². The quantitative estimate of drug-likeness (QED) is 0.0344. The minimum atomic E-state index is -0.764. The first-order chi connectivity index (χ1) is 31.1. The van der Waals surface area contributed by atoms with Crippen LogP contribution in [0.5, 0.6) is 0 Å². The third kappa shape index (κ3) is 49.8. The SMILES string of the molecule is CCC(C)CCCCCCCCCCCCC(=O)O[C@H](COC(=O)CCCCCCCCCCCCCCCCCCCCC(C)C)COC(=O)CCCCCCCCCCC(C)C. The Balaban J connectivity index is 4.23. The van der Waals surface area contributed by atoms with Crippen molar-refractivity contribution in [1.82, 2.24) is 0 Å². The van der Waals surface area contributed by atoms with Crippen molar-refractivity contribution in [3.8, 4) is 0 Å². The fourth-order valence-electron chi connectivity index (χ4n) is 8.79. The molecule has 0 aromatic carbocycles. The van der Waals surface area contributed by atoms with E-state index in [-0.39, 0.29) is 31.1 Å². The van der Waals surface area contributed by atoms with E-state index in [9.17, 15) is 14.4 Å². The van der Waals surface area contributed by atoms with Gasteiger partial charge in [0.15, 0.2) is 6.10 Å². The van der Waals surface area contributed by atoms with E-state index in [0.717, 1.165) is 75.5 Å². The smallest absolute Gasteiger partial charge is 0.306 e.